The van der Waals surface area contributed by atoms with Crippen LogP contribution in [0.5, 0.6) is 0 Å². The van der Waals surface area contributed by atoms with Gasteiger partial charge in [-0.3, -0.25) is 9.59 Å². The Bertz CT molecular complexity index is 1060. The first-order valence-corrected chi connectivity index (χ1v) is 9.08. The summed E-state index contributed by atoms with van der Waals surface area (Å²) in [5, 5.41) is 9.46. The predicted molar refractivity (Wildman–Crippen MR) is 113 cm³/mol. The maximum absolute atomic E-state index is 11.7. The second kappa shape index (κ2) is 9.03. The first-order valence-electron chi connectivity index (χ1n) is 8.70. The number of nitrogens with two attached hydrogens (primary N) is 1. The number of nitrogens with one attached hydrogen (secondary N) is 3. The van der Waals surface area contributed by atoms with Crippen LogP contribution in [0.15, 0.2) is 54.7 Å². The van der Waals surface area contributed by atoms with E-state index in [1.807, 2.05) is 18.2 Å². The third kappa shape index (κ3) is 5.66. The van der Waals surface area contributed by atoms with Crippen molar-refractivity contribution in [3.05, 3.63) is 70.9 Å². The normalized spacial score (nSPS) is 10.3. The molecular formula is C20H19ClN6O2. The minimum absolute atomic E-state index is 0.170. The first-order chi connectivity index (χ1) is 13.9. The highest BCUT2D eigenvalue weighted by Gasteiger charge is 2.12. The number of rotatable bonds is 7. The second-order valence-corrected chi connectivity index (χ2v) is 6.63. The first kappa shape index (κ1) is 20.1. The maximum atomic E-state index is 11.7. The fraction of sp³-hybridized carbons (Fsp3) is 0.100. The van der Waals surface area contributed by atoms with Crippen LogP contribution < -0.4 is 21.7 Å². The van der Waals surface area contributed by atoms with E-state index in [9.17, 15) is 9.59 Å². The standard InChI is InChI=1S/C20H19ClN6O2/c1-12(28)25-15-6-3-7-16(9-15)26-20-24-11-17(18(22)29)19(27-20)23-10-13-4-2-5-14(21)8-13/h2-9,11H,10H2,1H3,(H2,22,29)(H,25,28)(H2,23,24,26,27). The number of hydrogen-bond donors (Lipinski definition) is 4. The molecule has 9 heteroatoms. The summed E-state index contributed by atoms with van der Waals surface area (Å²) in [6, 6.07) is 14.4. The van der Waals surface area contributed by atoms with Crippen LogP contribution in [-0.2, 0) is 11.3 Å². The Balaban J connectivity index is 1.81. The number of primary amides is 1. The predicted octanol–water partition coefficient (Wildman–Crippen LogP) is 3.54. The van der Waals surface area contributed by atoms with Gasteiger partial charge in [-0.1, -0.05) is 29.8 Å². The van der Waals surface area contributed by atoms with E-state index in [0.717, 1.165) is 5.56 Å². The highest BCUT2D eigenvalue weighted by atomic mass is 35.5. The minimum Gasteiger partial charge on any atom is -0.365 e. The Morgan fingerprint density at radius 2 is 1.86 bits per heavy atom. The van der Waals surface area contributed by atoms with Gasteiger partial charge < -0.3 is 21.7 Å². The second-order valence-electron chi connectivity index (χ2n) is 6.19. The van der Waals surface area contributed by atoms with Gasteiger partial charge in [0, 0.05) is 36.1 Å². The van der Waals surface area contributed by atoms with Crippen LogP contribution in [-0.4, -0.2) is 21.8 Å². The Labute approximate surface area is 172 Å². The molecule has 0 saturated heterocycles. The summed E-state index contributed by atoms with van der Waals surface area (Å²) in [6.45, 7) is 1.83. The van der Waals surface area contributed by atoms with Crippen molar-refractivity contribution in [2.45, 2.75) is 13.5 Å². The molecule has 2 amide bonds. The number of nitrogens with zero attached hydrogens (tertiary/aromatic N) is 2. The molecule has 1 aromatic heterocycles. The van der Waals surface area contributed by atoms with Gasteiger partial charge >= 0.3 is 0 Å². The van der Waals surface area contributed by atoms with Crippen molar-refractivity contribution >= 4 is 46.6 Å². The van der Waals surface area contributed by atoms with Gasteiger partial charge in [-0.2, -0.15) is 4.98 Å². The summed E-state index contributed by atoms with van der Waals surface area (Å²) in [6.07, 6.45) is 1.36. The van der Waals surface area contributed by atoms with E-state index in [1.54, 1.807) is 30.3 Å². The van der Waals surface area contributed by atoms with Crippen molar-refractivity contribution < 1.29 is 9.59 Å². The molecule has 0 radical (unpaired) electrons. The molecule has 5 N–H and O–H groups in total. The SMILES string of the molecule is CC(=O)Nc1cccc(Nc2ncc(C(N)=O)c(NCc3cccc(Cl)c3)n2)c1. The molecule has 29 heavy (non-hydrogen) atoms. The van der Waals surface area contributed by atoms with E-state index in [1.165, 1.54) is 13.1 Å². The molecule has 0 atom stereocenters. The lowest BCUT2D eigenvalue weighted by Crippen LogP contribution is -2.17. The van der Waals surface area contributed by atoms with E-state index < -0.39 is 5.91 Å². The molecule has 1 heterocycles. The summed E-state index contributed by atoms with van der Waals surface area (Å²) >= 11 is 6.00. The van der Waals surface area contributed by atoms with Crippen molar-refractivity contribution in [3.8, 4) is 0 Å². The Morgan fingerprint density at radius 3 is 2.59 bits per heavy atom. The lowest BCUT2D eigenvalue weighted by Gasteiger charge is -2.12. The van der Waals surface area contributed by atoms with Crippen LogP contribution in [0.3, 0.4) is 0 Å². The summed E-state index contributed by atoms with van der Waals surface area (Å²) in [4.78, 5) is 31.5. The third-order valence-corrected chi connectivity index (χ3v) is 4.08. The highest BCUT2D eigenvalue weighted by molar-refractivity contribution is 6.30. The van der Waals surface area contributed by atoms with Crippen LogP contribution >= 0.6 is 11.6 Å². The number of amides is 2. The zero-order valence-electron chi connectivity index (χ0n) is 15.6. The van der Waals surface area contributed by atoms with Crippen LogP contribution in [0.1, 0.15) is 22.8 Å². The molecule has 0 aliphatic heterocycles. The lowest BCUT2D eigenvalue weighted by molar-refractivity contribution is -0.114. The Hall–Kier alpha value is -3.65. The summed E-state index contributed by atoms with van der Waals surface area (Å²) in [5.74, 6) is -0.244. The number of aromatic nitrogens is 2. The van der Waals surface area contributed by atoms with E-state index in [-0.39, 0.29) is 17.4 Å². The molecule has 3 rings (SSSR count). The molecule has 0 bridgehead atoms. The van der Waals surface area contributed by atoms with Crippen LogP contribution in [0.4, 0.5) is 23.1 Å². The quantitative estimate of drug-likeness (QED) is 0.472. The summed E-state index contributed by atoms with van der Waals surface area (Å²) in [5.41, 5.74) is 7.83. The van der Waals surface area contributed by atoms with Gasteiger partial charge in [0.15, 0.2) is 0 Å². The van der Waals surface area contributed by atoms with Crippen molar-refractivity contribution in [2.75, 3.05) is 16.0 Å². The molecule has 148 valence electrons. The molecule has 0 fully saturated rings. The number of halogens is 1. The molecule has 0 aliphatic carbocycles. The maximum Gasteiger partial charge on any atom is 0.254 e. The van der Waals surface area contributed by atoms with Gasteiger partial charge in [0.1, 0.15) is 5.82 Å². The van der Waals surface area contributed by atoms with Gasteiger partial charge in [-0.25, -0.2) is 4.98 Å². The summed E-state index contributed by atoms with van der Waals surface area (Å²) in [7, 11) is 0. The summed E-state index contributed by atoms with van der Waals surface area (Å²) < 4.78 is 0. The fourth-order valence-electron chi connectivity index (χ4n) is 2.60. The van der Waals surface area contributed by atoms with Gasteiger partial charge in [0.25, 0.3) is 5.91 Å². The molecule has 0 unspecified atom stereocenters. The van der Waals surface area contributed by atoms with Crippen molar-refractivity contribution in [1.82, 2.24) is 9.97 Å². The lowest BCUT2D eigenvalue weighted by atomic mass is 10.2. The number of hydrogen-bond acceptors (Lipinski definition) is 6. The monoisotopic (exact) mass is 410 g/mol. The van der Waals surface area contributed by atoms with Crippen molar-refractivity contribution in [3.63, 3.8) is 0 Å². The van der Waals surface area contributed by atoms with E-state index in [0.29, 0.717) is 28.8 Å². The number of carbonyl (C=O) groups excluding carboxylic acids is 2. The van der Waals surface area contributed by atoms with Gasteiger partial charge in [-0.05, 0) is 35.9 Å². The molecule has 0 aliphatic rings. The number of anilines is 4. The molecule has 0 saturated carbocycles. The zero-order chi connectivity index (χ0) is 20.8. The third-order valence-electron chi connectivity index (χ3n) is 3.84. The minimum atomic E-state index is -0.641. The fourth-order valence-corrected chi connectivity index (χ4v) is 2.81. The largest absolute Gasteiger partial charge is 0.365 e. The van der Waals surface area contributed by atoms with Gasteiger partial charge in [0.2, 0.25) is 11.9 Å². The molecule has 3 aromatic rings. The van der Waals surface area contributed by atoms with Crippen LogP contribution in [0.2, 0.25) is 5.02 Å². The van der Waals surface area contributed by atoms with Crippen LogP contribution in [0, 0.1) is 0 Å². The molecule has 2 aromatic carbocycles. The average molecular weight is 411 g/mol. The smallest absolute Gasteiger partial charge is 0.254 e. The van der Waals surface area contributed by atoms with Gasteiger partial charge in [0.05, 0.1) is 5.56 Å². The van der Waals surface area contributed by atoms with E-state index in [4.69, 9.17) is 17.3 Å². The van der Waals surface area contributed by atoms with Crippen molar-refractivity contribution in [2.24, 2.45) is 5.73 Å². The van der Waals surface area contributed by atoms with E-state index >= 15 is 0 Å². The number of carbonyl (C=O) groups is 2. The topological polar surface area (TPSA) is 122 Å². The van der Waals surface area contributed by atoms with Crippen molar-refractivity contribution in [1.29, 1.82) is 0 Å². The number of benzene rings is 2. The Morgan fingerprint density at radius 1 is 1.10 bits per heavy atom. The van der Waals surface area contributed by atoms with Crippen LogP contribution in [0.25, 0.3) is 0 Å². The van der Waals surface area contributed by atoms with E-state index in [2.05, 4.69) is 25.9 Å². The van der Waals surface area contributed by atoms with Gasteiger partial charge in [-0.15, -0.1) is 0 Å². The Kier molecular flexibility index (Phi) is 6.25. The zero-order valence-corrected chi connectivity index (χ0v) is 16.3. The molecule has 8 nitrogen and oxygen atoms in total. The molecule has 0 spiro atoms. The average Bonchev–Trinajstić information content (AvgIpc) is 2.66. The highest BCUT2D eigenvalue weighted by Crippen LogP contribution is 2.21. The molecular weight excluding hydrogens is 392 g/mol.